The molecule has 23 heavy (non-hydrogen) atoms. The number of methoxy groups -OCH3 is 2. The van der Waals surface area contributed by atoms with Crippen molar-refractivity contribution < 1.29 is 24.5 Å². The van der Waals surface area contributed by atoms with Crippen LogP contribution in [0.3, 0.4) is 0 Å². The van der Waals surface area contributed by atoms with Crippen LogP contribution in [-0.4, -0.2) is 36.6 Å². The number of aromatic hydroxyl groups is 2. The van der Waals surface area contributed by atoms with E-state index in [2.05, 4.69) is 10.5 Å². The molecule has 0 aliphatic rings. The molecular formula is C16H16N2O5. The molecule has 0 unspecified atom stereocenters. The van der Waals surface area contributed by atoms with Gasteiger partial charge in [-0.1, -0.05) is 0 Å². The Bertz CT molecular complexity index is 743. The number of hydrogen-bond donors (Lipinski definition) is 3. The van der Waals surface area contributed by atoms with Crippen LogP contribution < -0.4 is 14.9 Å². The third-order valence-corrected chi connectivity index (χ3v) is 3.03. The minimum Gasteiger partial charge on any atom is -0.508 e. The van der Waals surface area contributed by atoms with Gasteiger partial charge in [0.1, 0.15) is 11.5 Å². The Kier molecular flexibility index (Phi) is 5.03. The van der Waals surface area contributed by atoms with Crippen LogP contribution in [0.2, 0.25) is 0 Å². The number of nitrogens with one attached hydrogen (secondary N) is 1. The molecule has 0 bridgehead atoms. The molecule has 2 aromatic carbocycles. The maximum absolute atomic E-state index is 12.0. The van der Waals surface area contributed by atoms with Crippen molar-refractivity contribution in [2.24, 2.45) is 5.10 Å². The number of nitrogens with zero attached hydrogens (tertiary/aromatic N) is 1. The van der Waals surface area contributed by atoms with Crippen LogP contribution >= 0.6 is 0 Å². The molecule has 0 fully saturated rings. The van der Waals surface area contributed by atoms with Gasteiger partial charge in [0.15, 0.2) is 11.5 Å². The molecule has 0 saturated heterocycles. The van der Waals surface area contributed by atoms with Crippen LogP contribution in [0.4, 0.5) is 0 Å². The first kappa shape index (κ1) is 16.2. The largest absolute Gasteiger partial charge is 0.508 e. The molecule has 0 spiro atoms. The third-order valence-electron chi connectivity index (χ3n) is 3.03. The van der Waals surface area contributed by atoms with Crippen LogP contribution in [-0.2, 0) is 0 Å². The highest BCUT2D eigenvalue weighted by Gasteiger charge is 2.10. The van der Waals surface area contributed by atoms with Crippen molar-refractivity contribution in [3.05, 3.63) is 47.5 Å². The summed E-state index contributed by atoms with van der Waals surface area (Å²) >= 11 is 0. The lowest BCUT2D eigenvalue weighted by atomic mass is 10.2. The summed E-state index contributed by atoms with van der Waals surface area (Å²) in [5.41, 5.74) is 3.04. The van der Waals surface area contributed by atoms with Gasteiger partial charge < -0.3 is 19.7 Å². The summed E-state index contributed by atoms with van der Waals surface area (Å²) < 4.78 is 10.2. The monoisotopic (exact) mass is 316 g/mol. The summed E-state index contributed by atoms with van der Waals surface area (Å²) in [5.74, 6) is 0.297. The maximum Gasteiger partial charge on any atom is 0.271 e. The molecule has 0 aromatic heterocycles. The summed E-state index contributed by atoms with van der Waals surface area (Å²) in [4.78, 5) is 12.0. The third kappa shape index (κ3) is 3.91. The zero-order chi connectivity index (χ0) is 16.8. The SMILES string of the molecule is COc1ccc(C(=O)NN=Cc2ccc(O)cc2O)cc1OC. The van der Waals surface area contributed by atoms with Crippen molar-refractivity contribution in [1.29, 1.82) is 0 Å². The van der Waals surface area contributed by atoms with E-state index in [4.69, 9.17) is 9.47 Å². The van der Waals surface area contributed by atoms with Crippen molar-refractivity contribution in [1.82, 2.24) is 5.43 Å². The Morgan fingerprint density at radius 3 is 2.48 bits per heavy atom. The highest BCUT2D eigenvalue weighted by atomic mass is 16.5. The number of rotatable bonds is 5. The van der Waals surface area contributed by atoms with Crippen LogP contribution in [0.15, 0.2) is 41.5 Å². The van der Waals surface area contributed by atoms with Crippen molar-refractivity contribution in [3.63, 3.8) is 0 Å². The minimum atomic E-state index is -0.444. The summed E-state index contributed by atoms with van der Waals surface area (Å²) in [6, 6.07) is 8.76. The smallest absolute Gasteiger partial charge is 0.271 e. The Hall–Kier alpha value is -3.22. The van der Waals surface area contributed by atoms with Gasteiger partial charge in [0.25, 0.3) is 5.91 Å². The van der Waals surface area contributed by atoms with E-state index in [-0.39, 0.29) is 11.5 Å². The van der Waals surface area contributed by atoms with Gasteiger partial charge in [0, 0.05) is 17.2 Å². The molecule has 7 heteroatoms. The molecular weight excluding hydrogens is 300 g/mol. The molecule has 0 atom stereocenters. The van der Waals surface area contributed by atoms with E-state index in [0.29, 0.717) is 22.6 Å². The molecule has 120 valence electrons. The van der Waals surface area contributed by atoms with Crippen LogP contribution in [0.5, 0.6) is 23.0 Å². The van der Waals surface area contributed by atoms with Gasteiger partial charge in [-0.2, -0.15) is 5.10 Å². The molecule has 0 heterocycles. The molecule has 0 aliphatic heterocycles. The number of hydrogen-bond acceptors (Lipinski definition) is 6. The summed E-state index contributed by atoms with van der Waals surface area (Å²) in [7, 11) is 2.98. The Balaban J connectivity index is 2.08. The normalized spacial score (nSPS) is 10.5. The van der Waals surface area contributed by atoms with Crippen LogP contribution in [0.1, 0.15) is 15.9 Å². The number of amides is 1. The van der Waals surface area contributed by atoms with Crippen molar-refractivity contribution in [3.8, 4) is 23.0 Å². The zero-order valence-corrected chi connectivity index (χ0v) is 12.6. The highest BCUT2D eigenvalue weighted by Crippen LogP contribution is 2.27. The minimum absolute atomic E-state index is 0.0611. The molecule has 2 aromatic rings. The zero-order valence-electron chi connectivity index (χ0n) is 12.6. The number of hydrazone groups is 1. The van der Waals surface area contributed by atoms with E-state index < -0.39 is 5.91 Å². The molecule has 0 aliphatic carbocycles. The standard InChI is InChI=1S/C16H16N2O5/c1-22-14-6-4-10(7-15(14)23-2)16(21)18-17-9-11-3-5-12(19)8-13(11)20/h3-9,19-20H,1-2H3,(H,18,21). The second-order valence-electron chi connectivity index (χ2n) is 4.51. The summed E-state index contributed by atoms with van der Waals surface area (Å²) in [6.07, 6.45) is 1.27. The van der Waals surface area contributed by atoms with E-state index in [0.717, 1.165) is 0 Å². The average molecular weight is 316 g/mol. The van der Waals surface area contributed by atoms with Gasteiger partial charge in [0.05, 0.1) is 20.4 Å². The molecule has 0 radical (unpaired) electrons. The maximum atomic E-state index is 12.0. The topological polar surface area (TPSA) is 100 Å². The van der Waals surface area contributed by atoms with Crippen LogP contribution in [0.25, 0.3) is 0 Å². The first-order valence-corrected chi connectivity index (χ1v) is 6.62. The van der Waals surface area contributed by atoms with E-state index >= 15 is 0 Å². The van der Waals surface area contributed by atoms with E-state index in [1.54, 1.807) is 12.1 Å². The lowest BCUT2D eigenvalue weighted by Crippen LogP contribution is -2.17. The molecule has 0 saturated carbocycles. The van der Waals surface area contributed by atoms with Crippen molar-refractivity contribution >= 4 is 12.1 Å². The van der Waals surface area contributed by atoms with Gasteiger partial charge in [-0.25, -0.2) is 5.43 Å². The number of carbonyl (C=O) groups is 1. The lowest BCUT2D eigenvalue weighted by molar-refractivity contribution is 0.0954. The predicted molar refractivity (Wildman–Crippen MR) is 84.4 cm³/mol. The first-order valence-electron chi connectivity index (χ1n) is 6.62. The second kappa shape index (κ2) is 7.17. The van der Waals surface area contributed by atoms with Gasteiger partial charge in [-0.05, 0) is 30.3 Å². The molecule has 1 amide bonds. The Morgan fingerprint density at radius 1 is 1.09 bits per heavy atom. The number of phenols is 2. The fourth-order valence-corrected chi connectivity index (χ4v) is 1.84. The number of benzene rings is 2. The quantitative estimate of drug-likeness (QED) is 0.577. The number of ether oxygens (including phenoxy) is 2. The lowest BCUT2D eigenvalue weighted by Gasteiger charge is -2.08. The van der Waals surface area contributed by atoms with Gasteiger partial charge >= 0.3 is 0 Å². The van der Waals surface area contributed by atoms with Crippen molar-refractivity contribution in [2.45, 2.75) is 0 Å². The van der Waals surface area contributed by atoms with Gasteiger partial charge in [-0.3, -0.25) is 4.79 Å². The van der Waals surface area contributed by atoms with E-state index in [1.165, 1.54) is 44.7 Å². The molecule has 3 N–H and O–H groups in total. The number of carbonyl (C=O) groups excluding carboxylic acids is 1. The van der Waals surface area contributed by atoms with E-state index in [9.17, 15) is 15.0 Å². The summed E-state index contributed by atoms with van der Waals surface area (Å²) in [5, 5.41) is 22.6. The molecule has 7 nitrogen and oxygen atoms in total. The van der Waals surface area contributed by atoms with Gasteiger partial charge in [0.2, 0.25) is 0 Å². The van der Waals surface area contributed by atoms with E-state index in [1.807, 2.05) is 0 Å². The average Bonchev–Trinajstić information content (AvgIpc) is 2.56. The van der Waals surface area contributed by atoms with Gasteiger partial charge in [-0.15, -0.1) is 0 Å². The number of phenolic OH excluding ortho intramolecular Hbond substituents is 2. The molecule has 2 rings (SSSR count). The first-order chi connectivity index (χ1) is 11.0. The van der Waals surface area contributed by atoms with Crippen LogP contribution in [0, 0.1) is 0 Å². The second-order valence-corrected chi connectivity index (χ2v) is 4.51. The Labute approximate surface area is 132 Å². The highest BCUT2D eigenvalue weighted by molar-refractivity contribution is 5.95. The predicted octanol–water partition coefficient (Wildman–Crippen LogP) is 1.88. The fourth-order valence-electron chi connectivity index (χ4n) is 1.84. The Morgan fingerprint density at radius 2 is 1.83 bits per heavy atom. The fraction of sp³-hybridized carbons (Fsp3) is 0.125. The summed E-state index contributed by atoms with van der Waals surface area (Å²) in [6.45, 7) is 0. The van der Waals surface area contributed by atoms with Crippen molar-refractivity contribution in [2.75, 3.05) is 14.2 Å².